The number of urea groups is 1. The number of amides is 2. The third-order valence-electron chi connectivity index (χ3n) is 4.76. The lowest BCUT2D eigenvalue weighted by atomic mass is 9.79. The monoisotopic (exact) mass is 358 g/mol. The number of hydrogen-bond donors (Lipinski definition) is 3. The molecular formula is C20H23FN2O3. The first-order valence-corrected chi connectivity index (χ1v) is 8.66. The van der Waals surface area contributed by atoms with E-state index in [-0.39, 0.29) is 18.4 Å². The van der Waals surface area contributed by atoms with Crippen LogP contribution < -0.4 is 15.4 Å². The van der Waals surface area contributed by atoms with Gasteiger partial charge in [0.25, 0.3) is 0 Å². The van der Waals surface area contributed by atoms with Crippen LogP contribution in [0.15, 0.2) is 42.5 Å². The van der Waals surface area contributed by atoms with Crippen LogP contribution in [0.4, 0.5) is 9.18 Å². The minimum absolute atomic E-state index is 0.127. The molecule has 1 aliphatic rings. The van der Waals surface area contributed by atoms with E-state index in [2.05, 4.69) is 10.6 Å². The van der Waals surface area contributed by atoms with Crippen molar-refractivity contribution in [2.75, 3.05) is 13.7 Å². The summed E-state index contributed by atoms with van der Waals surface area (Å²) in [5.41, 5.74) is 1.60. The summed E-state index contributed by atoms with van der Waals surface area (Å²) < 4.78 is 18.1. The fourth-order valence-electron chi connectivity index (χ4n) is 3.32. The van der Waals surface area contributed by atoms with Crippen molar-refractivity contribution in [2.24, 2.45) is 0 Å². The third kappa shape index (κ3) is 4.14. The van der Waals surface area contributed by atoms with Gasteiger partial charge in [0.2, 0.25) is 0 Å². The SMILES string of the molecule is COc1ccc2c(c1)CCCC2(O)CNC(=O)NCc1ccc(F)cc1. The van der Waals surface area contributed by atoms with Crippen LogP contribution in [0.5, 0.6) is 5.75 Å². The number of nitrogens with one attached hydrogen (secondary N) is 2. The van der Waals surface area contributed by atoms with Crippen LogP contribution in [0.3, 0.4) is 0 Å². The van der Waals surface area contributed by atoms with Crippen molar-refractivity contribution in [1.29, 1.82) is 0 Å². The van der Waals surface area contributed by atoms with E-state index in [9.17, 15) is 14.3 Å². The third-order valence-corrected chi connectivity index (χ3v) is 4.76. The van der Waals surface area contributed by atoms with Gasteiger partial charge in [0.1, 0.15) is 17.2 Å². The van der Waals surface area contributed by atoms with Crippen molar-refractivity contribution >= 4 is 6.03 Å². The first-order chi connectivity index (χ1) is 12.5. The number of aryl methyl sites for hydroxylation is 1. The highest BCUT2D eigenvalue weighted by Gasteiger charge is 2.34. The van der Waals surface area contributed by atoms with E-state index in [4.69, 9.17) is 4.74 Å². The molecular weight excluding hydrogens is 335 g/mol. The van der Waals surface area contributed by atoms with Crippen LogP contribution in [-0.2, 0) is 18.6 Å². The Balaban J connectivity index is 1.59. The highest BCUT2D eigenvalue weighted by molar-refractivity contribution is 5.74. The minimum Gasteiger partial charge on any atom is -0.497 e. The molecule has 0 spiro atoms. The number of fused-ring (bicyclic) bond motifs is 1. The van der Waals surface area contributed by atoms with Gasteiger partial charge in [-0.3, -0.25) is 0 Å². The van der Waals surface area contributed by atoms with Crippen LogP contribution in [0.2, 0.25) is 0 Å². The molecule has 3 N–H and O–H groups in total. The van der Waals surface area contributed by atoms with Crippen LogP contribution >= 0.6 is 0 Å². The molecule has 138 valence electrons. The second-order valence-corrected chi connectivity index (χ2v) is 6.57. The second kappa shape index (κ2) is 7.74. The van der Waals surface area contributed by atoms with Crippen molar-refractivity contribution in [3.63, 3.8) is 0 Å². The van der Waals surface area contributed by atoms with Gasteiger partial charge in [-0.15, -0.1) is 0 Å². The molecule has 0 bridgehead atoms. The Bertz CT molecular complexity index is 779. The van der Waals surface area contributed by atoms with Crippen molar-refractivity contribution in [1.82, 2.24) is 10.6 Å². The van der Waals surface area contributed by atoms with E-state index >= 15 is 0 Å². The fourth-order valence-corrected chi connectivity index (χ4v) is 3.32. The molecule has 1 unspecified atom stereocenters. The van der Waals surface area contributed by atoms with Crippen molar-refractivity contribution in [2.45, 2.75) is 31.4 Å². The normalized spacial score (nSPS) is 18.7. The number of aliphatic hydroxyl groups is 1. The molecule has 0 aromatic heterocycles. The summed E-state index contributed by atoms with van der Waals surface area (Å²) in [4.78, 5) is 12.1. The smallest absolute Gasteiger partial charge is 0.315 e. The molecule has 1 atom stereocenters. The van der Waals surface area contributed by atoms with E-state index in [0.29, 0.717) is 13.0 Å². The summed E-state index contributed by atoms with van der Waals surface area (Å²) in [5, 5.41) is 16.5. The quantitative estimate of drug-likeness (QED) is 0.770. The fraction of sp³-hybridized carbons (Fsp3) is 0.350. The lowest BCUT2D eigenvalue weighted by Gasteiger charge is -2.34. The molecule has 5 nitrogen and oxygen atoms in total. The summed E-state index contributed by atoms with van der Waals surface area (Å²) in [6.45, 7) is 0.417. The van der Waals surface area contributed by atoms with Gasteiger partial charge in [0, 0.05) is 6.54 Å². The number of ether oxygens (including phenoxy) is 1. The van der Waals surface area contributed by atoms with Gasteiger partial charge in [0.05, 0.1) is 13.7 Å². The van der Waals surface area contributed by atoms with Gasteiger partial charge < -0.3 is 20.5 Å². The summed E-state index contributed by atoms with van der Waals surface area (Å²) >= 11 is 0. The largest absolute Gasteiger partial charge is 0.497 e. The lowest BCUT2D eigenvalue weighted by molar-refractivity contribution is 0.0216. The predicted octanol–water partition coefficient (Wildman–Crippen LogP) is 2.86. The Morgan fingerprint density at radius 3 is 2.73 bits per heavy atom. The lowest BCUT2D eigenvalue weighted by Crippen LogP contribution is -2.46. The van der Waals surface area contributed by atoms with E-state index in [1.807, 2.05) is 18.2 Å². The summed E-state index contributed by atoms with van der Waals surface area (Å²) in [6.07, 6.45) is 2.31. The van der Waals surface area contributed by atoms with Gasteiger partial charge in [-0.05, 0) is 60.2 Å². The standard InChI is InChI=1S/C20H23FN2O3/c1-26-17-8-9-18-15(11-17)3-2-10-20(18,25)13-23-19(24)22-12-14-4-6-16(21)7-5-14/h4-9,11,25H,2-3,10,12-13H2,1H3,(H2,22,23,24). The van der Waals surface area contributed by atoms with E-state index in [0.717, 1.165) is 35.3 Å². The molecule has 0 saturated carbocycles. The topological polar surface area (TPSA) is 70.6 Å². The second-order valence-electron chi connectivity index (χ2n) is 6.57. The Morgan fingerprint density at radius 1 is 1.23 bits per heavy atom. The van der Waals surface area contributed by atoms with Crippen molar-refractivity contribution in [3.8, 4) is 5.75 Å². The number of methoxy groups -OCH3 is 1. The molecule has 0 heterocycles. The zero-order valence-electron chi connectivity index (χ0n) is 14.7. The Labute approximate surface area is 152 Å². The number of carbonyl (C=O) groups is 1. The van der Waals surface area contributed by atoms with Gasteiger partial charge in [-0.25, -0.2) is 9.18 Å². The van der Waals surface area contributed by atoms with Crippen LogP contribution in [0, 0.1) is 5.82 Å². The molecule has 26 heavy (non-hydrogen) atoms. The first-order valence-electron chi connectivity index (χ1n) is 8.66. The van der Waals surface area contributed by atoms with Crippen LogP contribution in [-0.4, -0.2) is 24.8 Å². The van der Waals surface area contributed by atoms with Gasteiger partial charge in [0.15, 0.2) is 0 Å². The van der Waals surface area contributed by atoms with E-state index < -0.39 is 5.60 Å². The Kier molecular flexibility index (Phi) is 5.42. The summed E-state index contributed by atoms with van der Waals surface area (Å²) in [6, 6.07) is 11.2. The average molecular weight is 358 g/mol. The number of rotatable bonds is 5. The minimum atomic E-state index is -1.09. The molecule has 1 aliphatic carbocycles. The molecule has 2 aromatic rings. The maximum absolute atomic E-state index is 12.9. The zero-order valence-corrected chi connectivity index (χ0v) is 14.7. The van der Waals surface area contributed by atoms with Crippen LogP contribution in [0.1, 0.15) is 29.5 Å². The number of benzene rings is 2. The average Bonchev–Trinajstić information content (AvgIpc) is 2.66. The molecule has 6 heteroatoms. The van der Waals surface area contributed by atoms with E-state index in [1.54, 1.807) is 19.2 Å². The number of halogens is 1. The van der Waals surface area contributed by atoms with Gasteiger partial charge >= 0.3 is 6.03 Å². The molecule has 2 amide bonds. The maximum atomic E-state index is 12.9. The maximum Gasteiger partial charge on any atom is 0.315 e. The zero-order chi connectivity index (χ0) is 18.6. The van der Waals surface area contributed by atoms with Crippen molar-refractivity contribution in [3.05, 3.63) is 65.0 Å². The summed E-state index contributed by atoms with van der Waals surface area (Å²) in [7, 11) is 1.61. The highest BCUT2D eigenvalue weighted by Crippen LogP contribution is 2.36. The predicted molar refractivity (Wildman–Crippen MR) is 96.5 cm³/mol. The molecule has 2 aromatic carbocycles. The molecule has 0 aliphatic heterocycles. The summed E-state index contributed by atoms with van der Waals surface area (Å²) in [5.74, 6) is 0.450. The first kappa shape index (κ1) is 18.2. The molecule has 3 rings (SSSR count). The van der Waals surface area contributed by atoms with Crippen LogP contribution in [0.25, 0.3) is 0 Å². The van der Waals surface area contributed by atoms with E-state index in [1.165, 1.54) is 12.1 Å². The molecule has 0 radical (unpaired) electrons. The molecule has 0 saturated heterocycles. The number of hydrogen-bond acceptors (Lipinski definition) is 3. The Morgan fingerprint density at radius 2 is 2.00 bits per heavy atom. The van der Waals surface area contributed by atoms with Crippen molar-refractivity contribution < 1.29 is 19.0 Å². The number of carbonyl (C=O) groups excluding carboxylic acids is 1. The Hall–Kier alpha value is -2.60. The molecule has 0 fully saturated rings. The highest BCUT2D eigenvalue weighted by atomic mass is 19.1. The van der Waals surface area contributed by atoms with Gasteiger partial charge in [-0.1, -0.05) is 18.2 Å². The van der Waals surface area contributed by atoms with Gasteiger partial charge in [-0.2, -0.15) is 0 Å².